The molecule has 0 heterocycles. The molecule has 1 N–H and O–H groups in total. The van der Waals surface area contributed by atoms with Crippen LogP contribution in [0.5, 0.6) is 0 Å². The lowest BCUT2D eigenvalue weighted by Crippen LogP contribution is -2.47. The van der Waals surface area contributed by atoms with Crippen LogP contribution in [0, 0.1) is 5.82 Å². The van der Waals surface area contributed by atoms with Crippen molar-refractivity contribution in [2.45, 2.75) is 0 Å². The second-order valence-electron chi connectivity index (χ2n) is 5.26. The summed E-state index contributed by atoms with van der Waals surface area (Å²) in [4.78, 5) is 12.4. The first-order valence-corrected chi connectivity index (χ1v) is 7.96. The van der Waals surface area contributed by atoms with Crippen molar-refractivity contribution in [1.29, 1.82) is 0 Å². The number of amides is 1. The van der Waals surface area contributed by atoms with Crippen molar-refractivity contribution >= 4 is 27.6 Å². The Bertz CT molecular complexity index is 833. The van der Waals surface area contributed by atoms with Gasteiger partial charge in [0.15, 0.2) is 5.69 Å². The third-order valence-corrected chi connectivity index (χ3v) is 4.70. The lowest BCUT2D eigenvalue weighted by atomic mass is 10.1. The van der Waals surface area contributed by atoms with E-state index in [1.807, 2.05) is 0 Å². The summed E-state index contributed by atoms with van der Waals surface area (Å²) in [6.07, 6.45) is 0. The Morgan fingerprint density at radius 2 is 1.65 bits per heavy atom. The second kappa shape index (κ2) is 6.07. The summed E-state index contributed by atoms with van der Waals surface area (Å²) in [5.41, 5.74) is 0.435. The number of carbonyl (C=O) groups is 1. The molecule has 0 saturated heterocycles. The minimum absolute atomic E-state index is 0.0428. The van der Waals surface area contributed by atoms with E-state index in [9.17, 15) is 22.2 Å². The monoisotopic (exact) mass is 338 g/mol. The average molecular weight is 338 g/mol. The molecule has 0 fully saturated rings. The normalized spacial score (nSPS) is 12.0. The highest BCUT2D eigenvalue weighted by molar-refractivity contribution is 7.85. The summed E-state index contributed by atoms with van der Waals surface area (Å²) < 4.78 is 46.3. The number of rotatable bonds is 4. The van der Waals surface area contributed by atoms with Gasteiger partial charge in [-0.25, -0.2) is 8.28 Å². The molecule has 2 aromatic rings. The summed E-state index contributed by atoms with van der Waals surface area (Å²) in [7, 11) is -2.36. The van der Waals surface area contributed by atoms with Crippen LogP contribution in [0.25, 0.3) is 0 Å². The van der Waals surface area contributed by atoms with E-state index in [-0.39, 0.29) is 11.3 Å². The fourth-order valence-electron chi connectivity index (χ4n) is 1.99. The molecule has 23 heavy (non-hydrogen) atoms. The van der Waals surface area contributed by atoms with Crippen LogP contribution in [-0.2, 0) is 10.3 Å². The maximum atomic E-state index is 12.9. The van der Waals surface area contributed by atoms with Crippen molar-refractivity contribution in [2.24, 2.45) is 0 Å². The highest BCUT2D eigenvalue weighted by Gasteiger charge is 2.31. The van der Waals surface area contributed by atoms with Crippen LogP contribution < -0.4 is 9.21 Å². The van der Waals surface area contributed by atoms with E-state index in [0.717, 1.165) is 0 Å². The summed E-state index contributed by atoms with van der Waals surface area (Å²) in [6.45, 7) is 0. The Morgan fingerprint density at radius 1 is 1.09 bits per heavy atom. The molecule has 0 spiro atoms. The first-order chi connectivity index (χ1) is 10.6. The summed E-state index contributed by atoms with van der Waals surface area (Å²) >= 11 is 0. The fraction of sp³-hybridized carbons (Fsp3) is 0.133. The molecular weight excluding hydrogens is 323 g/mol. The Morgan fingerprint density at radius 3 is 2.22 bits per heavy atom. The maximum absolute atomic E-state index is 12.9. The van der Waals surface area contributed by atoms with E-state index in [1.54, 1.807) is 6.07 Å². The van der Waals surface area contributed by atoms with Gasteiger partial charge in [0.1, 0.15) is 11.4 Å². The third-order valence-electron chi connectivity index (χ3n) is 3.39. The molecule has 0 aliphatic heterocycles. The van der Waals surface area contributed by atoms with Gasteiger partial charge in [0.25, 0.3) is 16.2 Å². The average Bonchev–Trinajstić information content (AvgIpc) is 2.48. The molecule has 0 radical (unpaired) electrons. The van der Waals surface area contributed by atoms with Crippen LogP contribution in [0.2, 0.25) is 0 Å². The van der Waals surface area contributed by atoms with Crippen LogP contribution in [0.3, 0.4) is 0 Å². The van der Waals surface area contributed by atoms with E-state index in [0.29, 0.717) is 5.69 Å². The highest BCUT2D eigenvalue weighted by Crippen LogP contribution is 2.27. The lowest BCUT2D eigenvalue weighted by molar-refractivity contribution is 0.102. The van der Waals surface area contributed by atoms with Crippen LogP contribution in [-0.4, -0.2) is 33.0 Å². The lowest BCUT2D eigenvalue weighted by Gasteiger charge is -2.31. The van der Waals surface area contributed by atoms with Gasteiger partial charge in [-0.05, 0) is 30.3 Å². The van der Waals surface area contributed by atoms with Crippen molar-refractivity contribution in [3.8, 4) is 0 Å². The number of hydrogen-bond donors (Lipinski definition) is 1. The van der Waals surface area contributed by atoms with Crippen molar-refractivity contribution in [2.75, 3.05) is 19.4 Å². The summed E-state index contributed by atoms with van der Waals surface area (Å²) in [5, 5.41) is 2.54. The Labute approximate surface area is 133 Å². The number of hydrogen-bond acceptors (Lipinski definition) is 4. The van der Waals surface area contributed by atoms with Crippen LogP contribution in [0.15, 0.2) is 48.5 Å². The number of anilines is 1. The summed E-state index contributed by atoms with van der Waals surface area (Å²) in [5.74, 6) is -1.04. The smallest absolute Gasteiger partial charge is 0.261 e. The molecule has 2 aromatic carbocycles. The molecule has 122 valence electrons. The molecule has 8 heteroatoms. The molecule has 0 unspecified atom stereocenters. The van der Waals surface area contributed by atoms with Crippen molar-refractivity contribution < 1.29 is 22.2 Å². The molecule has 0 aliphatic rings. The van der Waals surface area contributed by atoms with Gasteiger partial charge in [-0.15, -0.1) is 0 Å². The molecule has 0 atom stereocenters. The van der Waals surface area contributed by atoms with Gasteiger partial charge in [0, 0.05) is 11.8 Å². The minimum atomic E-state index is -4.73. The van der Waals surface area contributed by atoms with Gasteiger partial charge in [0.2, 0.25) is 0 Å². The standard InChI is InChI=1S/C15H15FN2O4S/c1-18(2,23(20,21)22)14-6-4-3-5-13(14)15(19)17-12-9-7-11(16)8-10-12/h3-10H,1-2H3,(H-,17,19,20,21,22). The van der Waals surface area contributed by atoms with E-state index in [2.05, 4.69) is 5.32 Å². The van der Waals surface area contributed by atoms with Gasteiger partial charge in [-0.3, -0.25) is 4.79 Å². The SMILES string of the molecule is C[N+](C)(c1ccccc1C(=O)Nc1ccc(F)cc1)S(=O)(=O)[O-]. The van der Waals surface area contributed by atoms with Gasteiger partial charge in [-0.2, -0.15) is 8.42 Å². The van der Waals surface area contributed by atoms with Crippen molar-refractivity contribution in [3.63, 3.8) is 0 Å². The number of para-hydroxylation sites is 1. The summed E-state index contributed by atoms with van der Waals surface area (Å²) in [6, 6.07) is 11.0. The van der Waals surface area contributed by atoms with E-state index >= 15 is 0 Å². The van der Waals surface area contributed by atoms with Gasteiger partial charge < -0.3 is 9.87 Å². The zero-order valence-corrected chi connectivity index (χ0v) is 13.3. The number of quaternary nitrogens is 1. The van der Waals surface area contributed by atoms with Crippen LogP contribution >= 0.6 is 0 Å². The first kappa shape index (κ1) is 17.1. The number of benzene rings is 2. The first-order valence-electron chi connectivity index (χ1n) is 6.59. The molecule has 0 aromatic heterocycles. The van der Waals surface area contributed by atoms with Crippen LogP contribution in [0.4, 0.5) is 15.8 Å². The largest absolute Gasteiger partial charge is 0.701 e. The molecule has 0 bridgehead atoms. The van der Waals surface area contributed by atoms with E-state index in [1.165, 1.54) is 56.6 Å². The fourth-order valence-corrected chi connectivity index (χ4v) is 2.39. The third kappa shape index (κ3) is 3.55. The Balaban J connectivity index is 2.41. The minimum Gasteiger partial charge on any atom is -0.701 e. The number of nitrogens with zero attached hydrogens (tertiary/aromatic N) is 1. The predicted molar refractivity (Wildman–Crippen MR) is 84.1 cm³/mol. The molecule has 0 saturated carbocycles. The molecule has 1 amide bonds. The zero-order valence-electron chi connectivity index (χ0n) is 12.5. The second-order valence-corrected chi connectivity index (χ2v) is 7.03. The zero-order chi connectivity index (χ0) is 17.3. The van der Waals surface area contributed by atoms with Gasteiger partial charge in [0.05, 0.1) is 14.1 Å². The van der Waals surface area contributed by atoms with Crippen LogP contribution in [0.1, 0.15) is 10.4 Å². The number of carbonyl (C=O) groups excluding carboxylic acids is 1. The van der Waals surface area contributed by atoms with E-state index < -0.39 is 25.9 Å². The maximum Gasteiger partial charge on any atom is 0.261 e. The predicted octanol–water partition coefficient (Wildman–Crippen LogP) is 2.11. The molecule has 6 nitrogen and oxygen atoms in total. The van der Waals surface area contributed by atoms with Gasteiger partial charge >= 0.3 is 0 Å². The quantitative estimate of drug-likeness (QED) is 0.683. The Kier molecular flexibility index (Phi) is 4.51. The molecule has 2 rings (SSSR count). The Hall–Kier alpha value is -2.29. The molecule has 0 aliphatic carbocycles. The van der Waals surface area contributed by atoms with Crippen molar-refractivity contribution in [1.82, 2.24) is 3.89 Å². The van der Waals surface area contributed by atoms with Crippen molar-refractivity contribution in [3.05, 3.63) is 59.9 Å². The molecular formula is C15H15FN2O4S. The highest BCUT2D eigenvalue weighted by atomic mass is 32.2. The van der Waals surface area contributed by atoms with E-state index in [4.69, 9.17) is 0 Å². The number of halogens is 1. The topological polar surface area (TPSA) is 86.3 Å². The number of nitrogens with one attached hydrogen (secondary N) is 1. The van der Waals surface area contributed by atoms with Gasteiger partial charge in [-0.1, -0.05) is 12.1 Å².